The fraction of sp³-hybridized carbons (Fsp3) is 0.294. The van der Waals surface area contributed by atoms with E-state index in [2.05, 4.69) is 53.4 Å². The van der Waals surface area contributed by atoms with Crippen LogP contribution in [-0.4, -0.2) is 33.0 Å². The van der Waals surface area contributed by atoms with Crippen molar-refractivity contribution < 1.29 is 8.42 Å². The number of thioether (sulfide) groups is 1. The van der Waals surface area contributed by atoms with Crippen molar-refractivity contribution in [1.82, 2.24) is 0 Å². The normalized spacial score (nSPS) is 17.4. The summed E-state index contributed by atoms with van der Waals surface area (Å²) in [5.74, 6) is 1.48. The van der Waals surface area contributed by atoms with Crippen molar-refractivity contribution in [3.63, 3.8) is 0 Å². The summed E-state index contributed by atoms with van der Waals surface area (Å²) < 4.78 is 22.9. The number of nitrogens with zero attached hydrogens (tertiary/aromatic N) is 1. The van der Waals surface area contributed by atoms with Gasteiger partial charge < -0.3 is 4.90 Å². The third-order valence-electron chi connectivity index (χ3n) is 3.79. The number of hydrogen-bond donors (Lipinski definition) is 0. The van der Waals surface area contributed by atoms with Crippen molar-refractivity contribution in [3.05, 3.63) is 60.2 Å². The van der Waals surface area contributed by atoms with Gasteiger partial charge in [-0.05, 0) is 29.8 Å². The SMILES string of the molecule is O=S1(=O)CCN(c2ccc(SCc3ccccc3)cc2)CC1. The van der Waals surface area contributed by atoms with Crippen molar-refractivity contribution in [2.24, 2.45) is 0 Å². The fourth-order valence-electron chi connectivity index (χ4n) is 2.46. The van der Waals surface area contributed by atoms with Gasteiger partial charge in [-0.15, -0.1) is 11.8 Å². The smallest absolute Gasteiger partial charge is 0.153 e. The van der Waals surface area contributed by atoms with E-state index in [1.54, 1.807) is 0 Å². The molecule has 1 aliphatic rings. The molecular formula is C17H19NO2S2. The first-order valence-corrected chi connectivity index (χ1v) is 10.2. The lowest BCUT2D eigenvalue weighted by Gasteiger charge is -2.28. The van der Waals surface area contributed by atoms with Crippen LogP contribution in [0.3, 0.4) is 0 Å². The van der Waals surface area contributed by atoms with E-state index in [1.165, 1.54) is 10.5 Å². The van der Waals surface area contributed by atoms with E-state index in [0.29, 0.717) is 13.1 Å². The van der Waals surface area contributed by atoms with Crippen LogP contribution in [0.15, 0.2) is 59.5 Å². The molecule has 0 radical (unpaired) electrons. The molecule has 0 spiro atoms. The number of sulfone groups is 1. The minimum absolute atomic E-state index is 0.261. The molecule has 3 rings (SSSR count). The lowest BCUT2D eigenvalue weighted by atomic mass is 10.2. The molecular weight excluding hydrogens is 314 g/mol. The monoisotopic (exact) mass is 333 g/mol. The molecule has 116 valence electrons. The van der Waals surface area contributed by atoms with Crippen LogP contribution in [0.5, 0.6) is 0 Å². The summed E-state index contributed by atoms with van der Waals surface area (Å²) in [5.41, 5.74) is 2.43. The Balaban J connectivity index is 1.59. The van der Waals surface area contributed by atoms with Gasteiger partial charge in [0.2, 0.25) is 0 Å². The largest absolute Gasteiger partial charge is 0.369 e. The van der Waals surface area contributed by atoms with Gasteiger partial charge in [0.1, 0.15) is 0 Å². The highest BCUT2D eigenvalue weighted by Gasteiger charge is 2.21. The molecule has 2 aromatic carbocycles. The van der Waals surface area contributed by atoms with Crippen LogP contribution in [0.4, 0.5) is 5.69 Å². The van der Waals surface area contributed by atoms with Gasteiger partial charge in [0, 0.05) is 29.4 Å². The highest BCUT2D eigenvalue weighted by molar-refractivity contribution is 7.98. The summed E-state index contributed by atoms with van der Waals surface area (Å²) in [7, 11) is -2.82. The number of benzene rings is 2. The predicted octanol–water partition coefficient (Wildman–Crippen LogP) is 3.21. The lowest BCUT2D eigenvalue weighted by Crippen LogP contribution is -2.40. The van der Waals surface area contributed by atoms with Gasteiger partial charge in [-0.2, -0.15) is 0 Å². The Hall–Kier alpha value is -1.46. The van der Waals surface area contributed by atoms with Crippen molar-refractivity contribution in [2.75, 3.05) is 29.5 Å². The van der Waals surface area contributed by atoms with Crippen LogP contribution in [0.2, 0.25) is 0 Å². The van der Waals surface area contributed by atoms with E-state index >= 15 is 0 Å². The quantitative estimate of drug-likeness (QED) is 0.805. The molecule has 2 aromatic rings. The lowest BCUT2D eigenvalue weighted by molar-refractivity contribution is 0.587. The third-order valence-corrected chi connectivity index (χ3v) is 6.49. The summed E-state index contributed by atoms with van der Waals surface area (Å²) in [4.78, 5) is 3.38. The summed E-state index contributed by atoms with van der Waals surface area (Å²) in [6.07, 6.45) is 0. The maximum absolute atomic E-state index is 11.5. The molecule has 0 bridgehead atoms. The predicted molar refractivity (Wildman–Crippen MR) is 93.3 cm³/mol. The van der Waals surface area contributed by atoms with Gasteiger partial charge in [0.25, 0.3) is 0 Å². The first-order valence-electron chi connectivity index (χ1n) is 7.35. The zero-order valence-corrected chi connectivity index (χ0v) is 13.9. The maximum Gasteiger partial charge on any atom is 0.153 e. The molecule has 0 unspecified atom stereocenters. The molecule has 0 atom stereocenters. The Kier molecular flexibility index (Phi) is 4.74. The number of rotatable bonds is 4. The molecule has 0 N–H and O–H groups in total. The minimum Gasteiger partial charge on any atom is -0.369 e. The first kappa shape index (κ1) is 15.4. The molecule has 1 saturated heterocycles. The molecule has 5 heteroatoms. The zero-order chi connectivity index (χ0) is 15.4. The van der Waals surface area contributed by atoms with Crippen LogP contribution < -0.4 is 4.90 Å². The average molecular weight is 333 g/mol. The van der Waals surface area contributed by atoms with Gasteiger partial charge in [-0.1, -0.05) is 30.3 Å². The van der Waals surface area contributed by atoms with E-state index < -0.39 is 9.84 Å². The summed E-state index contributed by atoms with van der Waals surface area (Å²) in [6.45, 7) is 1.19. The second-order valence-electron chi connectivity index (χ2n) is 5.41. The van der Waals surface area contributed by atoms with Crippen LogP contribution >= 0.6 is 11.8 Å². The summed E-state index contributed by atoms with van der Waals surface area (Å²) in [6, 6.07) is 18.8. The molecule has 0 aromatic heterocycles. The molecule has 22 heavy (non-hydrogen) atoms. The highest BCUT2D eigenvalue weighted by atomic mass is 32.2. The van der Waals surface area contributed by atoms with E-state index in [0.717, 1.165) is 11.4 Å². The molecule has 0 aliphatic carbocycles. The Morgan fingerprint density at radius 3 is 2.18 bits per heavy atom. The minimum atomic E-state index is -2.82. The van der Waals surface area contributed by atoms with Gasteiger partial charge in [0.05, 0.1) is 11.5 Å². The standard InChI is InChI=1S/C17H19NO2S2/c19-22(20)12-10-18(11-13-22)16-6-8-17(9-7-16)21-14-15-4-2-1-3-5-15/h1-9H,10-14H2. The van der Waals surface area contributed by atoms with Crippen LogP contribution in [-0.2, 0) is 15.6 Å². The van der Waals surface area contributed by atoms with Gasteiger partial charge in [-0.3, -0.25) is 0 Å². The van der Waals surface area contributed by atoms with E-state index in [4.69, 9.17) is 0 Å². The average Bonchev–Trinajstić information content (AvgIpc) is 2.55. The topological polar surface area (TPSA) is 37.4 Å². The Morgan fingerprint density at radius 2 is 1.55 bits per heavy atom. The van der Waals surface area contributed by atoms with Crippen LogP contribution in [0.25, 0.3) is 0 Å². The Morgan fingerprint density at radius 1 is 0.909 bits per heavy atom. The first-order chi connectivity index (χ1) is 10.6. The molecule has 0 amide bonds. The fourth-order valence-corrected chi connectivity index (χ4v) is 4.52. The third kappa shape index (κ3) is 4.05. The van der Waals surface area contributed by atoms with Gasteiger partial charge in [-0.25, -0.2) is 8.42 Å². The van der Waals surface area contributed by atoms with Crippen molar-refractivity contribution >= 4 is 27.3 Å². The van der Waals surface area contributed by atoms with Gasteiger partial charge >= 0.3 is 0 Å². The molecule has 3 nitrogen and oxygen atoms in total. The number of hydrogen-bond acceptors (Lipinski definition) is 4. The van der Waals surface area contributed by atoms with E-state index in [9.17, 15) is 8.42 Å². The zero-order valence-electron chi connectivity index (χ0n) is 12.3. The summed E-state index contributed by atoms with van der Waals surface area (Å²) >= 11 is 1.81. The van der Waals surface area contributed by atoms with Crippen LogP contribution in [0.1, 0.15) is 5.56 Å². The molecule has 1 heterocycles. The molecule has 1 aliphatic heterocycles. The number of anilines is 1. The second-order valence-corrected chi connectivity index (χ2v) is 8.76. The van der Waals surface area contributed by atoms with Crippen molar-refractivity contribution in [3.8, 4) is 0 Å². The van der Waals surface area contributed by atoms with Crippen molar-refractivity contribution in [1.29, 1.82) is 0 Å². The van der Waals surface area contributed by atoms with Gasteiger partial charge in [0.15, 0.2) is 9.84 Å². The maximum atomic E-state index is 11.5. The highest BCUT2D eigenvalue weighted by Crippen LogP contribution is 2.26. The molecule has 1 fully saturated rings. The Labute approximate surface area is 136 Å². The molecule has 0 saturated carbocycles. The summed E-state index contributed by atoms with van der Waals surface area (Å²) in [5, 5.41) is 0. The second kappa shape index (κ2) is 6.75. The van der Waals surface area contributed by atoms with E-state index in [-0.39, 0.29) is 11.5 Å². The van der Waals surface area contributed by atoms with Crippen LogP contribution in [0, 0.1) is 0 Å². The van der Waals surface area contributed by atoms with E-state index in [1.807, 2.05) is 17.8 Å². The van der Waals surface area contributed by atoms with Crippen molar-refractivity contribution in [2.45, 2.75) is 10.6 Å². The Bertz CT molecular complexity index is 698.